The maximum absolute atomic E-state index is 12.3. The Balaban J connectivity index is 1.55. The van der Waals surface area contributed by atoms with Gasteiger partial charge in [0.2, 0.25) is 11.8 Å². The molecular weight excluding hydrogens is 298 g/mol. The fraction of sp³-hybridized carbons (Fsp3) is 0.600. The number of rotatable bonds is 4. The van der Waals surface area contributed by atoms with Gasteiger partial charge < -0.3 is 15.1 Å². The summed E-state index contributed by atoms with van der Waals surface area (Å²) in [5, 5.41) is 6.79. The van der Waals surface area contributed by atoms with Crippen molar-refractivity contribution >= 4 is 17.7 Å². The minimum absolute atomic E-state index is 0.00837. The van der Waals surface area contributed by atoms with Crippen LogP contribution in [0.2, 0.25) is 0 Å². The molecule has 0 spiro atoms. The third-order valence-electron chi connectivity index (χ3n) is 4.55. The van der Waals surface area contributed by atoms with Crippen LogP contribution in [0.4, 0.5) is 0 Å². The molecule has 1 atom stereocenters. The second kappa shape index (κ2) is 6.02. The van der Waals surface area contributed by atoms with E-state index in [4.69, 9.17) is 0 Å². The SMILES string of the molecule is CCn1ccc(C(=O)N2CC(N3CC(C(=O)NC)CC3=O)C2)n1. The molecule has 0 bridgehead atoms. The number of nitrogens with zero attached hydrogens (tertiary/aromatic N) is 4. The number of hydrogen-bond donors (Lipinski definition) is 1. The largest absolute Gasteiger partial charge is 0.359 e. The van der Waals surface area contributed by atoms with Gasteiger partial charge in [0.15, 0.2) is 0 Å². The molecule has 1 unspecified atom stereocenters. The topological polar surface area (TPSA) is 87.5 Å². The number of aryl methyl sites for hydroxylation is 1. The van der Waals surface area contributed by atoms with Crippen LogP contribution in [-0.2, 0) is 16.1 Å². The first-order chi connectivity index (χ1) is 11.0. The van der Waals surface area contributed by atoms with Gasteiger partial charge in [-0.1, -0.05) is 0 Å². The summed E-state index contributed by atoms with van der Waals surface area (Å²) < 4.78 is 1.71. The monoisotopic (exact) mass is 319 g/mol. The molecule has 0 aliphatic carbocycles. The van der Waals surface area contributed by atoms with Crippen LogP contribution < -0.4 is 5.32 Å². The van der Waals surface area contributed by atoms with Crippen LogP contribution in [0.1, 0.15) is 23.8 Å². The average molecular weight is 319 g/mol. The number of likely N-dealkylation sites (tertiary alicyclic amines) is 2. The minimum Gasteiger partial charge on any atom is -0.359 e. The standard InChI is InChI=1S/C15H21N5O3/c1-3-19-5-4-12(17-19)15(23)18-8-11(9-18)20-7-10(6-13(20)21)14(22)16-2/h4-5,10-11H,3,6-9H2,1-2H3,(H,16,22). The molecular formula is C15H21N5O3. The van der Waals surface area contributed by atoms with Crippen LogP contribution in [0.25, 0.3) is 0 Å². The molecule has 0 aromatic carbocycles. The van der Waals surface area contributed by atoms with E-state index in [0.717, 1.165) is 6.54 Å². The van der Waals surface area contributed by atoms with Crippen LogP contribution in [-0.4, -0.2) is 70.0 Å². The molecule has 3 rings (SSSR count). The number of carbonyl (C=O) groups excluding carboxylic acids is 3. The van der Waals surface area contributed by atoms with Crippen molar-refractivity contribution in [2.75, 3.05) is 26.7 Å². The normalized spacial score (nSPS) is 21.5. The highest BCUT2D eigenvalue weighted by atomic mass is 16.2. The van der Waals surface area contributed by atoms with E-state index < -0.39 is 0 Å². The number of hydrogen-bond acceptors (Lipinski definition) is 4. The summed E-state index contributed by atoms with van der Waals surface area (Å²) >= 11 is 0. The molecule has 2 aliphatic heterocycles. The van der Waals surface area contributed by atoms with E-state index in [9.17, 15) is 14.4 Å². The van der Waals surface area contributed by atoms with Gasteiger partial charge in [0.1, 0.15) is 5.69 Å². The lowest BCUT2D eigenvalue weighted by Crippen LogP contribution is -2.61. The average Bonchev–Trinajstić information content (AvgIpc) is 3.12. The van der Waals surface area contributed by atoms with E-state index in [1.54, 1.807) is 33.8 Å². The summed E-state index contributed by atoms with van der Waals surface area (Å²) in [6, 6.07) is 1.72. The van der Waals surface area contributed by atoms with Crippen molar-refractivity contribution in [2.24, 2.45) is 5.92 Å². The predicted molar refractivity (Wildman–Crippen MR) is 81.5 cm³/mol. The summed E-state index contributed by atoms with van der Waals surface area (Å²) in [4.78, 5) is 39.4. The summed E-state index contributed by atoms with van der Waals surface area (Å²) in [5.41, 5.74) is 0.432. The van der Waals surface area contributed by atoms with Gasteiger partial charge in [0.05, 0.1) is 12.0 Å². The van der Waals surface area contributed by atoms with E-state index in [-0.39, 0.29) is 36.1 Å². The molecule has 1 aromatic heterocycles. The molecule has 2 fully saturated rings. The Morgan fingerprint density at radius 1 is 1.35 bits per heavy atom. The van der Waals surface area contributed by atoms with Crippen molar-refractivity contribution in [1.82, 2.24) is 24.9 Å². The highest BCUT2D eigenvalue weighted by Crippen LogP contribution is 2.25. The number of nitrogens with one attached hydrogen (secondary N) is 1. The van der Waals surface area contributed by atoms with E-state index >= 15 is 0 Å². The molecule has 2 aliphatic rings. The van der Waals surface area contributed by atoms with Crippen molar-refractivity contribution < 1.29 is 14.4 Å². The highest BCUT2D eigenvalue weighted by molar-refractivity contribution is 5.93. The van der Waals surface area contributed by atoms with E-state index in [2.05, 4.69) is 10.4 Å². The quantitative estimate of drug-likeness (QED) is 0.797. The zero-order chi connectivity index (χ0) is 16.6. The first kappa shape index (κ1) is 15.5. The van der Waals surface area contributed by atoms with Crippen molar-refractivity contribution in [3.05, 3.63) is 18.0 Å². The molecule has 8 nitrogen and oxygen atoms in total. The van der Waals surface area contributed by atoms with Crippen molar-refractivity contribution in [1.29, 1.82) is 0 Å². The summed E-state index contributed by atoms with van der Waals surface area (Å²) in [6.07, 6.45) is 2.04. The molecule has 23 heavy (non-hydrogen) atoms. The summed E-state index contributed by atoms with van der Waals surface area (Å²) in [7, 11) is 1.58. The molecule has 124 valence electrons. The fourth-order valence-electron chi connectivity index (χ4n) is 3.10. The third kappa shape index (κ3) is 2.80. The Morgan fingerprint density at radius 2 is 2.09 bits per heavy atom. The van der Waals surface area contributed by atoms with Crippen LogP contribution >= 0.6 is 0 Å². The van der Waals surface area contributed by atoms with Crippen LogP contribution in [0.3, 0.4) is 0 Å². The molecule has 2 saturated heterocycles. The number of aromatic nitrogens is 2. The second-order valence-corrected chi connectivity index (χ2v) is 5.98. The molecule has 1 N–H and O–H groups in total. The highest BCUT2D eigenvalue weighted by Gasteiger charge is 2.43. The lowest BCUT2D eigenvalue weighted by molar-refractivity contribution is -0.132. The molecule has 8 heteroatoms. The van der Waals surface area contributed by atoms with Gasteiger partial charge in [0.25, 0.3) is 5.91 Å². The van der Waals surface area contributed by atoms with Gasteiger partial charge in [0, 0.05) is 45.8 Å². The Labute approximate surface area is 134 Å². The van der Waals surface area contributed by atoms with Gasteiger partial charge in [-0.3, -0.25) is 19.1 Å². The predicted octanol–water partition coefficient (Wildman–Crippen LogP) is -0.678. The molecule has 1 aromatic rings. The van der Waals surface area contributed by atoms with Crippen LogP contribution in [0, 0.1) is 5.92 Å². The lowest BCUT2D eigenvalue weighted by atomic mass is 10.1. The van der Waals surface area contributed by atoms with Gasteiger partial charge in [-0.15, -0.1) is 0 Å². The van der Waals surface area contributed by atoms with Gasteiger partial charge in [-0.25, -0.2) is 0 Å². The molecule has 0 saturated carbocycles. The van der Waals surface area contributed by atoms with Crippen LogP contribution in [0.5, 0.6) is 0 Å². The maximum atomic E-state index is 12.3. The van der Waals surface area contributed by atoms with Crippen molar-refractivity contribution in [3.8, 4) is 0 Å². The summed E-state index contributed by atoms with van der Waals surface area (Å²) in [5.74, 6) is -0.496. The first-order valence-electron chi connectivity index (χ1n) is 7.87. The van der Waals surface area contributed by atoms with Crippen LogP contribution in [0.15, 0.2) is 12.3 Å². The fourth-order valence-corrected chi connectivity index (χ4v) is 3.10. The van der Waals surface area contributed by atoms with Crippen molar-refractivity contribution in [3.63, 3.8) is 0 Å². The molecule has 0 radical (unpaired) electrons. The van der Waals surface area contributed by atoms with Crippen molar-refractivity contribution in [2.45, 2.75) is 25.9 Å². The smallest absolute Gasteiger partial charge is 0.274 e. The molecule has 3 heterocycles. The zero-order valence-corrected chi connectivity index (χ0v) is 13.4. The Bertz CT molecular complexity index is 635. The zero-order valence-electron chi connectivity index (χ0n) is 13.4. The van der Waals surface area contributed by atoms with Gasteiger partial charge >= 0.3 is 0 Å². The Morgan fingerprint density at radius 3 is 2.70 bits per heavy atom. The van der Waals surface area contributed by atoms with E-state index in [0.29, 0.717) is 25.3 Å². The first-order valence-corrected chi connectivity index (χ1v) is 7.87. The second-order valence-electron chi connectivity index (χ2n) is 5.98. The Hall–Kier alpha value is -2.38. The molecule has 3 amide bonds. The van der Waals surface area contributed by atoms with Gasteiger partial charge in [-0.05, 0) is 13.0 Å². The van der Waals surface area contributed by atoms with Gasteiger partial charge in [-0.2, -0.15) is 5.10 Å². The third-order valence-corrected chi connectivity index (χ3v) is 4.55. The number of carbonyl (C=O) groups is 3. The maximum Gasteiger partial charge on any atom is 0.274 e. The van der Waals surface area contributed by atoms with E-state index in [1.807, 2.05) is 6.92 Å². The number of amides is 3. The Kier molecular flexibility index (Phi) is 4.06. The van der Waals surface area contributed by atoms with E-state index in [1.165, 1.54) is 0 Å². The lowest BCUT2D eigenvalue weighted by Gasteiger charge is -2.43. The summed E-state index contributed by atoms with van der Waals surface area (Å²) in [6.45, 7) is 4.13. The minimum atomic E-state index is -0.280.